The average molecular weight is 222 g/mol. The maximum atomic E-state index is 11.8. The van der Waals surface area contributed by atoms with Gasteiger partial charge in [-0.3, -0.25) is 15.6 Å². The highest BCUT2D eigenvalue weighted by Gasteiger charge is 2.11. The Bertz CT molecular complexity index is 354. The Labute approximate surface area is 95.4 Å². The molecule has 0 fully saturated rings. The molecule has 5 nitrogen and oxygen atoms in total. The molecule has 0 spiro atoms. The molecule has 0 aromatic carbocycles. The van der Waals surface area contributed by atoms with Crippen LogP contribution in [-0.4, -0.2) is 17.4 Å². The van der Waals surface area contributed by atoms with Crippen LogP contribution in [0.4, 0.5) is 5.69 Å². The number of nitrogens with two attached hydrogens (primary N) is 1. The largest absolute Gasteiger partial charge is 0.352 e. The number of carbonyl (C=O) groups excluding carboxylic acids is 1. The lowest BCUT2D eigenvalue weighted by atomic mass is 10.1. The molecule has 1 unspecified atom stereocenters. The molecule has 5 heteroatoms. The van der Waals surface area contributed by atoms with Crippen molar-refractivity contribution in [2.24, 2.45) is 11.8 Å². The van der Waals surface area contributed by atoms with Crippen LogP contribution in [0.1, 0.15) is 30.6 Å². The molecule has 0 aliphatic heterocycles. The van der Waals surface area contributed by atoms with Gasteiger partial charge < -0.3 is 10.7 Å². The lowest BCUT2D eigenvalue weighted by Gasteiger charge is -2.11. The number of hydrazine groups is 1. The lowest BCUT2D eigenvalue weighted by Crippen LogP contribution is -2.29. The molecule has 0 aliphatic rings. The Morgan fingerprint density at radius 1 is 1.62 bits per heavy atom. The number of amides is 1. The van der Waals surface area contributed by atoms with Crippen LogP contribution in [-0.2, 0) is 0 Å². The van der Waals surface area contributed by atoms with E-state index in [0.29, 0.717) is 23.7 Å². The molecular weight excluding hydrogens is 204 g/mol. The fourth-order valence-electron chi connectivity index (χ4n) is 1.21. The highest BCUT2D eigenvalue weighted by Crippen LogP contribution is 2.11. The zero-order chi connectivity index (χ0) is 12.0. The summed E-state index contributed by atoms with van der Waals surface area (Å²) in [6.07, 6.45) is 4.12. The summed E-state index contributed by atoms with van der Waals surface area (Å²) in [5, 5.41) is 2.85. The maximum absolute atomic E-state index is 11.8. The standard InChI is InChI=1S/C11H18N4O/c1-3-8(2)6-14-11(16)9-7-13-5-4-10(9)15-12/h4-5,7-8H,3,6,12H2,1-2H3,(H,13,15)(H,14,16). The first-order chi connectivity index (χ1) is 7.69. The SMILES string of the molecule is CCC(C)CNC(=O)c1cnccc1NN. The minimum atomic E-state index is -0.152. The van der Waals surface area contributed by atoms with Gasteiger partial charge >= 0.3 is 0 Å². The third kappa shape index (κ3) is 3.20. The molecule has 1 atom stereocenters. The second-order valence-corrected chi connectivity index (χ2v) is 3.79. The van der Waals surface area contributed by atoms with Gasteiger partial charge in [-0.1, -0.05) is 20.3 Å². The van der Waals surface area contributed by atoms with E-state index in [2.05, 4.69) is 29.6 Å². The van der Waals surface area contributed by atoms with Gasteiger partial charge in [-0.25, -0.2) is 0 Å². The molecule has 88 valence electrons. The van der Waals surface area contributed by atoms with E-state index in [0.717, 1.165) is 6.42 Å². The van der Waals surface area contributed by atoms with Crippen molar-refractivity contribution in [1.29, 1.82) is 0 Å². The third-order valence-electron chi connectivity index (χ3n) is 2.53. The summed E-state index contributed by atoms with van der Waals surface area (Å²) in [4.78, 5) is 15.7. The van der Waals surface area contributed by atoms with E-state index in [1.165, 1.54) is 6.20 Å². The van der Waals surface area contributed by atoms with Crippen molar-refractivity contribution in [1.82, 2.24) is 10.3 Å². The number of hydrogen-bond donors (Lipinski definition) is 3. The average Bonchev–Trinajstić information content (AvgIpc) is 2.35. The van der Waals surface area contributed by atoms with Gasteiger partial charge in [0, 0.05) is 18.9 Å². The van der Waals surface area contributed by atoms with Gasteiger partial charge in [0.05, 0.1) is 11.3 Å². The van der Waals surface area contributed by atoms with Crippen LogP contribution in [0.25, 0.3) is 0 Å². The number of pyridine rings is 1. The molecule has 1 aromatic rings. The fraction of sp³-hybridized carbons (Fsp3) is 0.455. The van der Waals surface area contributed by atoms with Crippen LogP contribution in [0.5, 0.6) is 0 Å². The smallest absolute Gasteiger partial charge is 0.255 e. The monoisotopic (exact) mass is 222 g/mol. The molecule has 0 saturated carbocycles. The summed E-state index contributed by atoms with van der Waals surface area (Å²) in [6, 6.07) is 1.66. The van der Waals surface area contributed by atoms with E-state index in [4.69, 9.17) is 5.84 Å². The molecule has 4 N–H and O–H groups in total. The summed E-state index contributed by atoms with van der Waals surface area (Å²) in [5.74, 6) is 5.63. The molecule has 1 amide bonds. The number of carbonyl (C=O) groups is 1. The molecule has 0 radical (unpaired) electrons. The van der Waals surface area contributed by atoms with Crippen molar-refractivity contribution in [3.05, 3.63) is 24.0 Å². The predicted molar refractivity (Wildman–Crippen MR) is 63.8 cm³/mol. The first-order valence-electron chi connectivity index (χ1n) is 5.37. The summed E-state index contributed by atoms with van der Waals surface area (Å²) >= 11 is 0. The Hall–Kier alpha value is -1.62. The van der Waals surface area contributed by atoms with Gasteiger partial charge in [0.25, 0.3) is 5.91 Å². The van der Waals surface area contributed by atoms with Gasteiger partial charge in [0.2, 0.25) is 0 Å². The number of aromatic nitrogens is 1. The van der Waals surface area contributed by atoms with Crippen LogP contribution >= 0.6 is 0 Å². The number of anilines is 1. The minimum absolute atomic E-state index is 0.152. The molecule has 1 heterocycles. The quantitative estimate of drug-likeness (QED) is 0.515. The van der Waals surface area contributed by atoms with Crippen molar-refractivity contribution in [3.63, 3.8) is 0 Å². The molecular formula is C11H18N4O. The van der Waals surface area contributed by atoms with Gasteiger partial charge in [0.1, 0.15) is 0 Å². The topological polar surface area (TPSA) is 80.0 Å². The van der Waals surface area contributed by atoms with Crippen molar-refractivity contribution >= 4 is 11.6 Å². The summed E-state index contributed by atoms with van der Waals surface area (Å²) in [6.45, 7) is 4.84. The molecule has 16 heavy (non-hydrogen) atoms. The fourth-order valence-corrected chi connectivity index (χ4v) is 1.21. The van der Waals surface area contributed by atoms with Crippen molar-refractivity contribution in [3.8, 4) is 0 Å². The van der Waals surface area contributed by atoms with Crippen molar-refractivity contribution < 1.29 is 4.79 Å². The van der Waals surface area contributed by atoms with Crippen LogP contribution in [0, 0.1) is 5.92 Å². The van der Waals surface area contributed by atoms with Crippen LogP contribution < -0.4 is 16.6 Å². The summed E-state index contributed by atoms with van der Waals surface area (Å²) < 4.78 is 0. The second-order valence-electron chi connectivity index (χ2n) is 3.79. The zero-order valence-corrected chi connectivity index (χ0v) is 9.66. The van der Waals surface area contributed by atoms with Crippen LogP contribution in [0.3, 0.4) is 0 Å². The molecule has 1 rings (SSSR count). The van der Waals surface area contributed by atoms with E-state index < -0.39 is 0 Å². The third-order valence-corrected chi connectivity index (χ3v) is 2.53. The van der Waals surface area contributed by atoms with E-state index in [1.807, 2.05) is 0 Å². The van der Waals surface area contributed by atoms with Crippen molar-refractivity contribution in [2.45, 2.75) is 20.3 Å². The number of hydrogen-bond acceptors (Lipinski definition) is 4. The van der Waals surface area contributed by atoms with Crippen molar-refractivity contribution in [2.75, 3.05) is 12.0 Å². The first-order valence-corrected chi connectivity index (χ1v) is 5.37. The molecule has 0 aliphatic carbocycles. The zero-order valence-electron chi connectivity index (χ0n) is 9.66. The van der Waals surface area contributed by atoms with Gasteiger partial charge in [0.15, 0.2) is 0 Å². The van der Waals surface area contributed by atoms with Crippen LogP contribution in [0.2, 0.25) is 0 Å². The lowest BCUT2D eigenvalue weighted by molar-refractivity contribution is 0.0948. The predicted octanol–water partition coefficient (Wildman–Crippen LogP) is 1.14. The Kier molecular flexibility index (Phi) is 4.72. The molecule has 0 bridgehead atoms. The normalized spacial score (nSPS) is 11.9. The number of rotatable bonds is 5. The van der Waals surface area contributed by atoms with Gasteiger partial charge in [-0.05, 0) is 12.0 Å². The van der Waals surface area contributed by atoms with E-state index in [1.54, 1.807) is 12.3 Å². The van der Waals surface area contributed by atoms with E-state index >= 15 is 0 Å². The minimum Gasteiger partial charge on any atom is -0.352 e. The van der Waals surface area contributed by atoms with E-state index in [-0.39, 0.29) is 5.91 Å². The maximum Gasteiger partial charge on any atom is 0.255 e. The van der Waals surface area contributed by atoms with Gasteiger partial charge in [-0.15, -0.1) is 0 Å². The number of nitrogens with zero attached hydrogens (tertiary/aromatic N) is 1. The second kappa shape index (κ2) is 6.07. The Morgan fingerprint density at radius 2 is 2.38 bits per heavy atom. The first kappa shape index (κ1) is 12.4. The highest BCUT2D eigenvalue weighted by molar-refractivity contribution is 5.99. The van der Waals surface area contributed by atoms with Crippen LogP contribution in [0.15, 0.2) is 18.5 Å². The van der Waals surface area contributed by atoms with E-state index in [9.17, 15) is 4.79 Å². The Balaban J connectivity index is 2.65. The summed E-state index contributed by atoms with van der Waals surface area (Å²) in [5.41, 5.74) is 3.52. The molecule has 0 saturated heterocycles. The summed E-state index contributed by atoms with van der Waals surface area (Å²) in [7, 11) is 0. The number of nitrogen functional groups attached to an aromatic ring is 1. The molecule has 1 aromatic heterocycles. The highest BCUT2D eigenvalue weighted by atomic mass is 16.1. The Morgan fingerprint density at radius 3 is 3.00 bits per heavy atom. The number of nitrogens with one attached hydrogen (secondary N) is 2. The van der Waals surface area contributed by atoms with Gasteiger partial charge in [-0.2, -0.15) is 0 Å².